The Balaban J connectivity index is 1.90. The summed E-state index contributed by atoms with van der Waals surface area (Å²) in [6, 6.07) is 10.1. The van der Waals surface area contributed by atoms with E-state index in [-0.39, 0.29) is 5.57 Å². The van der Waals surface area contributed by atoms with E-state index in [0.717, 1.165) is 24.0 Å². The average Bonchev–Trinajstić information content (AvgIpc) is 3.35. The molecule has 1 aliphatic carbocycles. The number of hydrogen-bond donors (Lipinski definition) is 3. The Morgan fingerprint density at radius 1 is 1.14 bits per heavy atom. The number of aliphatic hydroxyl groups is 1. The highest BCUT2D eigenvalue weighted by Gasteiger charge is 2.51. The molecule has 29 heavy (non-hydrogen) atoms. The number of ketones is 1. The molecule has 1 atom stereocenters. The zero-order valence-corrected chi connectivity index (χ0v) is 16.0. The summed E-state index contributed by atoms with van der Waals surface area (Å²) in [5.74, 6) is -2.94. The molecular weight excluding hydrogens is 372 g/mol. The zero-order chi connectivity index (χ0) is 20.8. The Morgan fingerprint density at radius 2 is 1.79 bits per heavy atom. The van der Waals surface area contributed by atoms with Crippen molar-refractivity contribution in [3.8, 4) is 11.1 Å². The van der Waals surface area contributed by atoms with E-state index in [4.69, 9.17) is 5.11 Å². The third kappa shape index (κ3) is 2.85. The first-order valence-corrected chi connectivity index (χ1v) is 9.66. The number of nitrogens with one attached hydrogen (secondary N) is 1. The van der Waals surface area contributed by atoms with Crippen LogP contribution >= 0.6 is 0 Å². The highest BCUT2D eigenvalue weighted by Crippen LogP contribution is 2.47. The smallest absolute Gasteiger partial charge is 0.325 e. The van der Waals surface area contributed by atoms with Gasteiger partial charge in [-0.3, -0.25) is 14.4 Å². The van der Waals surface area contributed by atoms with Crippen LogP contribution in [-0.2, 0) is 19.9 Å². The Morgan fingerprint density at radius 3 is 2.41 bits per heavy atom. The van der Waals surface area contributed by atoms with Crippen LogP contribution < -0.4 is 5.32 Å². The number of benzene rings is 1. The largest absolute Gasteiger partial charge is 0.505 e. The minimum absolute atomic E-state index is 0.358. The number of carbonyl (C=O) groups is 3. The molecular formula is C22H22N2O5. The Kier molecular flexibility index (Phi) is 4.53. The van der Waals surface area contributed by atoms with Gasteiger partial charge in [0.25, 0.3) is 5.91 Å². The molecule has 1 aliphatic heterocycles. The lowest BCUT2D eigenvalue weighted by Crippen LogP contribution is -2.49. The van der Waals surface area contributed by atoms with E-state index >= 15 is 0 Å². The number of fused-ring (bicyclic) bond motifs is 2. The van der Waals surface area contributed by atoms with Crippen molar-refractivity contribution >= 4 is 23.4 Å². The topological polar surface area (TPSA) is 109 Å². The number of carboxylic acids is 1. The number of Topliss-reactive ketones (excluding diaryl/α,β-unsaturated/α-hetero) is 1. The van der Waals surface area contributed by atoms with Gasteiger partial charge in [0.05, 0.1) is 5.69 Å². The summed E-state index contributed by atoms with van der Waals surface area (Å²) in [4.78, 5) is 37.4. The van der Waals surface area contributed by atoms with Crippen LogP contribution in [-0.4, -0.2) is 38.5 Å². The van der Waals surface area contributed by atoms with Gasteiger partial charge in [-0.05, 0) is 31.4 Å². The number of amides is 1. The fourth-order valence-electron chi connectivity index (χ4n) is 4.42. The van der Waals surface area contributed by atoms with Crippen LogP contribution in [0.15, 0.2) is 48.2 Å². The molecule has 4 rings (SSSR count). The van der Waals surface area contributed by atoms with Gasteiger partial charge < -0.3 is 20.1 Å². The lowest BCUT2D eigenvalue weighted by Gasteiger charge is -2.36. The van der Waals surface area contributed by atoms with Crippen molar-refractivity contribution in [2.45, 2.75) is 44.2 Å². The minimum atomic E-state index is -1.22. The van der Waals surface area contributed by atoms with Crippen molar-refractivity contribution < 1.29 is 24.6 Å². The maximum atomic E-state index is 13.4. The SMILES string of the molecule is C[C@H](NC(=O)C1=C(O)c2c(-c3ccccc3)ccn2C2(CCCC2)C1=O)C(=O)O. The van der Waals surface area contributed by atoms with Crippen LogP contribution in [0, 0.1) is 0 Å². The number of nitrogens with zero attached hydrogens (tertiary/aromatic N) is 1. The molecule has 0 radical (unpaired) electrons. The molecule has 2 heterocycles. The predicted octanol–water partition coefficient (Wildman–Crippen LogP) is 2.87. The third-order valence-electron chi connectivity index (χ3n) is 5.92. The molecule has 3 N–H and O–H groups in total. The van der Waals surface area contributed by atoms with Crippen LogP contribution in [0.1, 0.15) is 38.3 Å². The van der Waals surface area contributed by atoms with Crippen molar-refractivity contribution in [2.24, 2.45) is 0 Å². The summed E-state index contributed by atoms with van der Waals surface area (Å²) >= 11 is 0. The number of carboxylic acid groups (broad SMARTS) is 1. The Labute approximate surface area is 167 Å². The lowest BCUT2D eigenvalue weighted by molar-refractivity contribution is -0.141. The van der Waals surface area contributed by atoms with Gasteiger partial charge in [0.1, 0.15) is 17.2 Å². The molecule has 7 heteroatoms. The van der Waals surface area contributed by atoms with Gasteiger partial charge in [-0.2, -0.15) is 0 Å². The van der Waals surface area contributed by atoms with Crippen LogP contribution in [0.4, 0.5) is 0 Å². The number of aliphatic hydroxyl groups excluding tert-OH is 1. The summed E-state index contributed by atoms with van der Waals surface area (Å²) in [7, 11) is 0. The van der Waals surface area contributed by atoms with Gasteiger partial charge >= 0.3 is 5.97 Å². The molecule has 2 aliphatic rings. The second kappa shape index (κ2) is 6.92. The van der Waals surface area contributed by atoms with Gasteiger partial charge in [0.15, 0.2) is 11.5 Å². The maximum Gasteiger partial charge on any atom is 0.325 e. The van der Waals surface area contributed by atoms with E-state index in [1.807, 2.05) is 36.4 Å². The average molecular weight is 394 g/mol. The molecule has 150 valence electrons. The Hall–Kier alpha value is -3.35. The van der Waals surface area contributed by atoms with Crippen molar-refractivity contribution in [2.75, 3.05) is 0 Å². The van der Waals surface area contributed by atoms with Crippen LogP contribution in [0.2, 0.25) is 0 Å². The molecule has 1 aromatic carbocycles. The van der Waals surface area contributed by atoms with Gasteiger partial charge in [-0.25, -0.2) is 0 Å². The molecule has 1 amide bonds. The van der Waals surface area contributed by atoms with E-state index in [0.29, 0.717) is 18.5 Å². The summed E-state index contributed by atoms with van der Waals surface area (Å²) in [5.41, 5.74) is 0.718. The number of aromatic nitrogens is 1. The fourth-order valence-corrected chi connectivity index (χ4v) is 4.42. The summed E-state index contributed by atoms with van der Waals surface area (Å²) in [6.45, 7) is 1.31. The molecule has 1 fully saturated rings. The quantitative estimate of drug-likeness (QED) is 0.691. The van der Waals surface area contributed by atoms with Crippen molar-refractivity contribution in [3.63, 3.8) is 0 Å². The third-order valence-corrected chi connectivity index (χ3v) is 5.92. The summed E-state index contributed by atoms with van der Waals surface area (Å²) in [5, 5.41) is 22.4. The maximum absolute atomic E-state index is 13.4. The molecule has 0 saturated heterocycles. The van der Waals surface area contributed by atoms with E-state index in [9.17, 15) is 19.5 Å². The second-order valence-corrected chi connectivity index (χ2v) is 7.64. The van der Waals surface area contributed by atoms with Gasteiger partial charge in [0, 0.05) is 11.8 Å². The first kappa shape index (κ1) is 19.0. The van der Waals surface area contributed by atoms with Gasteiger partial charge in [-0.1, -0.05) is 43.2 Å². The molecule has 1 spiro atoms. The number of hydrogen-bond acceptors (Lipinski definition) is 4. The van der Waals surface area contributed by atoms with Gasteiger partial charge in [0.2, 0.25) is 0 Å². The minimum Gasteiger partial charge on any atom is -0.505 e. The standard InChI is InChI=1S/C22H22N2O5/c1-13(21(28)29)23-20(27)16-18(25)17-15(14-7-3-2-4-8-14)9-12-24(17)22(19(16)26)10-5-6-11-22/h2-4,7-9,12-13,25H,5-6,10-11H2,1H3,(H,23,27)(H,28,29)/t13-/m0/s1. The highest BCUT2D eigenvalue weighted by molar-refractivity contribution is 6.27. The second-order valence-electron chi connectivity index (χ2n) is 7.64. The van der Waals surface area contributed by atoms with E-state index in [1.165, 1.54) is 6.92 Å². The van der Waals surface area contributed by atoms with E-state index in [1.54, 1.807) is 10.8 Å². The molecule has 1 saturated carbocycles. The molecule has 0 unspecified atom stereocenters. The first-order chi connectivity index (χ1) is 13.9. The number of carbonyl (C=O) groups excluding carboxylic acids is 2. The number of aliphatic carboxylic acids is 1. The number of rotatable bonds is 4. The fraction of sp³-hybridized carbons (Fsp3) is 0.318. The first-order valence-electron chi connectivity index (χ1n) is 9.66. The lowest BCUT2D eigenvalue weighted by atomic mass is 9.82. The van der Waals surface area contributed by atoms with Crippen LogP contribution in [0.5, 0.6) is 0 Å². The van der Waals surface area contributed by atoms with Crippen molar-refractivity contribution in [3.05, 3.63) is 53.9 Å². The zero-order valence-electron chi connectivity index (χ0n) is 16.0. The van der Waals surface area contributed by atoms with Crippen LogP contribution in [0.3, 0.4) is 0 Å². The van der Waals surface area contributed by atoms with Crippen LogP contribution in [0.25, 0.3) is 16.9 Å². The molecule has 7 nitrogen and oxygen atoms in total. The molecule has 1 aromatic heterocycles. The highest BCUT2D eigenvalue weighted by atomic mass is 16.4. The van der Waals surface area contributed by atoms with Crippen molar-refractivity contribution in [1.82, 2.24) is 9.88 Å². The Bertz CT molecular complexity index is 1030. The molecule has 0 bridgehead atoms. The van der Waals surface area contributed by atoms with Gasteiger partial charge in [-0.15, -0.1) is 0 Å². The normalized spacial score (nSPS) is 18.6. The predicted molar refractivity (Wildman–Crippen MR) is 106 cm³/mol. The summed E-state index contributed by atoms with van der Waals surface area (Å²) < 4.78 is 1.80. The molecule has 2 aromatic rings. The van der Waals surface area contributed by atoms with Crippen molar-refractivity contribution in [1.29, 1.82) is 0 Å². The van der Waals surface area contributed by atoms with E-state index < -0.39 is 35.0 Å². The summed E-state index contributed by atoms with van der Waals surface area (Å²) in [6.07, 6.45) is 4.61. The van der Waals surface area contributed by atoms with E-state index in [2.05, 4.69) is 5.32 Å². The monoisotopic (exact) mass is 394 g/mol.